The average molecular weight is 421 g/mol. The summed E-state index contributed by atoms with van der Waals surface area (Å²) in [5, 5.41) is 1.95. The van der Waals surface area contributed by atoms with E-state index in [4.69, 9.17) is 0 Å². The minimum absolute atomic E-state index is 0.133. The van der Waals surface area contributed by atoms with Crippen molar-refractivity contribution >= 4 is 31.7 Å². The Labute approximate surface area is 154 Å². The maximum absolute atomic E-state index is 12.7. The van der Waals surface area contributed by atoms with E-state index in [0.717, 1.165) is 24.5 Å². The topological polar surface area (TPSA) is 105 Å². The van der Waals surface area contributed by atoms with Gasteiger partial charge in [0.15, 0.2) is 0 Å². The van der Waals surface area contributed by atoms with Gasteiger partial charge in [0.2, 0.25) is 0 Å². The zero-order valence-electron chi connectivity index (χ0n) is 13.7. The maximum Gasteiger partial charge on any atom is 0.416 e. The van der Waals surface area contributed by atoms with E-state index in [1.54, 1.807) is 6.07 Å². The van der Waals surface area contributed by atoms with E-state index in [1.165, 1.54) is 29.0 Å². The molecule has 0 aliphatic rings. The molecule has 0 bridgehead atoms. The van der Waals surface area contributed by atoms with Crippen molar-refractivity contribution in [1.82, 2.24) is 4.72 Å². The Balaban J connectivity index is 2.18. The summed E-state index contributed by atoms with van der Waals surface area (Å²) in [5.41, 5.74) is -1.30. The fourth-order valence-corrected chi connectivity index (χ4v) is 4.91. The van der Waals surface area contributed by atoms with Gasteiger partial charge in [-0.05, 0) is 30.3 Å². The van der Waals surface area contributed by atoms with Gasteiger partial charge in [0.05, 0.1) is 15.3 Å². The second kappa shape index (κ2) is 7.56. The van der Waals surface area contributed by atoms with E-state index in [1.807, 2.05) is 5.32 Å². The lowest BCUT2D eigenvalue weighted by Gasteiger charge is -2.10. The third-order valence-corrected chi connectivity index (χ3v) is 6.60. The second-order valence-corrected chi connectivity index (χ2v) is 9.13. The zero-order chi connectivity index (χ0) is 20.3. The molecule has 0 saturated heterocycles. The molecule has 0 unspecified atom stereocenters. The smallest absolute Gasteiger partial charge is 0.307 e. The van der Waals surface area contributed by atoms with Crippen molar-refractivity contribution in [3.8, 4) is 0 Å². The first-order valence-corrected chi connectivity index (χ1v) is 10.5. The Morgan fingerprint density at radius 3 is 2.22 bits per heavy atom. The predicted molar refractivity (Wildman–Crippen MR) is 93.7 cm³/mol. The van der Waals surface area contributed by atoms with Gasteiger partial charge in [-0.3, -0.25) is 0 Å². The van der Waals surface area contributed by atoms with Crippen LogP contribution in [0.3, 0.4) is 0 Å². The molecule has 2 N–H and O–H groups in total. The Bertz CT molecular complexity index is 1060. The molecule has 12 heteroatoms. The molecule has 2 aromatic rings. The molecule has 0 spiro atoms. The van der Waals surface area contributed by atoms with Crippen LogP contribution in [0.2, 0.25) is 0 Å². The van der Waals surface area contributed by atoms with Crippen molar-refractivity contribution < 1.29 is 30.6 Å². The summed E-state index contributed by atoms with van der Waals surface area (Å²) in [6, 6.07) is 9.79. The number of carbonyl (C=O) groups is 1. The fourth-order valence-electron chi connectivity index (χ4n) is 1.97. The molecule has 146 valence electrons. The van der Waals surface area contributed by atoms with Crippen molar-refractivity contribution in [3.05, 3.63) is 60.2 Å². The van der Waals surface area contributed by atoms with Crippen molar-refractivity contribution in [1.29, 1.82) is 0 Å². The van der Waals surface area contributed by atoms with Crippen LogP contribution in [-0.2, 0) is 26.1 Å². The molecular formula is C15H14F3N3O4S2. The highest BCUT2D eigenvalue weighted by molar-refractivity contribution is 8.02. The van der Waals surface area contributed by atoms with Crippen LogP contribution in [0.4, 0.5) is 23.7 Å². The number of hydrogen-bond donors (Lipinski definition) is 2. The molecule has 27 heavy (non-hydrogen) atoms. The standard InChI is InChI=1S/C15H14F3N3O4S2/c1-26(23,13-8-3-2-4-9-13)21-27(24,25)20-14(22)19-12-7-5-6-11(10-12)15(16,17)18/h2-10H,1H3,(H2,19,20,22)/t26-/m0/s1. The van der Waals surface area contributed by atoms with Gasteiger partial charge in [-0.1, -0.05) is 28.0 Å². The van der Waals surface area contributed by atoms with E-state index in [2.05, 4.69) is 3.77 Å². The first kappa shape index (κ1) is 20.7. The number of anilines is 1. The largest absolute Gasteiger partial charge is 0.416 e. The fraction of sp³-hybridized carbons (Fsp3) is 0.133. The van der Waals surface area contributed by atoms with Crippen LogP contribution < -0.4 is 10.0 Å². The minimum Gasteiger partial charge on any atom is -0.307 e. The third-order valence-electron chi connectivity index (χ3n) is 3.09. The average Bonchev–Trinajstić information content (AvgIpc) is 2.53. The minimum atomic E-state index is -4.68. The first-order chi connectivity index (χ1) is 12.4. The van der Waals surface area contributed by atoms with Gasteiger partial charge in [0.25, 0.3) is 0 Å². The Morgan fingerprint density at radius 1 is 1.00 bits per heavy atom. The quantitative estimate of drug-likeness (QED) is 0.791. The van der Waals surface area contributed by atoms with E-state index >= 15 is 0 Å². The summed E-state index contributed by atoms with van der Waals surface area (Å²) in [6.07, 6.45) is -3.55. The number of rotatable bonds is 4. The van der Waals surface area contributed by atoms with Crippen LogP contribution in [-0.4, -0.2) is 24.9 Å². The highest BCUT2D eigenvalue weighted by Gasteiger charge is 2.30. The normalized spacial score (nSPS) is 14.1. The van der Waals surface area contributed by atoms with Gasteiger partial charge < -0.3 is 5.32 Å². The van der Waals surface area contributed by atoms with Crippen molar-refractivity contribution in [3.63, 3.8) is 0 Å². The Kier molecular flexibility index (Phi) is 5.80. The summed E-state index contributed by atoms with van der Waals surface area (Å²) in [6.45, 7) is 0. The van der Waals surface area contributed by atoms with E-state index in [0.29, 0.717) is 6.07 Å². The molecule has 0 heterocycles. The number of urea groups is 1. The van der Waals surface area contributed by atoms with Crippen LogP contribution in [0.15, 0.2) is 63.3 Å². The van der Waals surface area contributed by atoms with Gasteiger partial charge >= 0.3 is 22.4 Å². The number of hydrogen-bond acceptors (Lipinski definition) is 4. The molecule has 2 amide bonds. The molecule has 2 aromatic carbocycles. The molecule has 0 radical (unpaired) electrons. The SMILES string of the molecule is C[S@@](=O)(=NS(=O)(=O)NC(=O)Nc1cccc(C(F)(F)F)c1)c1ccccc1. The number of benzene rings is 2. The molecule has 0 aliphatic carbocycles. The molecule has 0 fully saturated rings. The Hall–Kier alpha value is -2.60. The summed E-state index contributed by atoms with van der Waals surface area (Å²) in [5.74, 6) is 0. The maximum atomic E-state index is 12.7. The van der Waals surface area contributed by atoms with Crippen LogP contribution in [0.25, 0.3) is 0 Å². The lowest BCUT2D eigenvalue weighted by molar-refractivity contribution is -0.137. The second-order valence-electron chi connectivity index (χ2n) is 5.30. The van der Waals surface area contributed by atoms with Crippen LogP contribution >= 0.6 is 0 Å². The van der Waals surface area contributed by atoms with Gasteiger partial charge in [-0.15, -0.1) is 0 Å². The van der Waals surface area contributed by atoms with Crippen LogP contribution in [0.5, 0.6) is 0 Å². The summed E-state index contributed by atoms with van der Waals surface area (Å²) in [7, 11) is -8.05. The van der Waals surface area contributed by atoms with Crippen molar-refractivity contribution in [2.75, 3.05) is 11.6 Å². The number of halogens is 3. The zero-order valence-corrected chi connectivity index (χ0v) is 15.4. The van der Waals surface area contributed by atoms with Crippen LogP contribution in [0.1, 0.15) is 5.56 Å². The van der Waals surface area contributed by atoms with Gasteiger partial charge in [-0.25, -0.2) is 13.7 Å². The first-order valence-electron chi connectivity index (χ1n) is 7.18. The molecule has 2 rings (SSSR count). The van der Waals surface area contributed by atoms with E-state index < -0.39 is 37.7 Å². The molecular weight excluding hydrogens is 407 g/mol. The lowest BCUT2D eigenvalue weighted by Crippen LogP contribution is -2.33. The lowest BCUT2D eigenvalue weighted by atomic mass is 10.2. The van der Waals surface area contributed by atoms with Gasteiger partial charge in [0.1, 0.15) is 0 Å². The molecule has 0 aromatic heterocycles. The molecule has 0 saturated carbocycles. The summed E-state index contributed by atoms with van der Waals surface area (Å²) in [4.78, 5) is 11.9. The van der Waals surface area contributed by atoms with Gasteiger partial charge in [0, 0.05) is 16.8 Å². The van der Waals surface area contributed by atoms with E-state index in [9.17, 15) is 30.6 Å². The monoisotopic (exact) mass is 421 g/mol. The number of nitrogens with one attached hydrogen (secondary N) is 2. The predicted octanol–water partition coefficient (Wildman–Crippen LogP) is 3.23. The summed E-state index contributed by atoms with van der Waals surface area (Å²) >= 11 is 0. The number of alkyl halides is 3. The van der Waals surface area contributed by atoms with Crippen LogP contribution in [0, 0.1) is 0 Å². The number of nitrogens with zero attached hydrogens (tertiary/aromatic N) is 1. The molecule has 7 nitrogen and oxygen atoms in total. The third kappa shape index (κ3) is 5.96. The van der Waals surface area contributed by atoms with Crippen molar-refractivity contribution in [2.24, 2.45) is 3.77 Å². The molecule has 0 aliphatic heterocycles. The Morgan fingerprint density at radius 2 is 1.63 bits per heavy atom. The number of amides is 2. The van der Waals surface area contributed by atoms with Gasteiger partial charge in [-0.2, -0.15) is 21.6 Å². The molecule has 1 atom stereocenters. The van der Waals surface area contributed by atoms with Crippen molar-refractivity contribution in [2.45, 2.75) is 11.1 Å². The highest BCUT2D eigenvalue weighted by atomic mass is 32.3. The van der Waals surface area contributed by atoms with E-state index in [-0.39, 0.29) is 10.6 Å². The summed E-state index contributed by atoms with van der Waals surface area (Å²) < 4.78 is 79.0. The number of carbonyl (C=O) groups excluding carboxylic acids is 1. The highest BCUT2D eigenvalue weighted by Crippen LogP contribution is 2.30.